The van der Waals surface area contributed by atoms with Gasteiger partial charge in [0.25, 0.3) is 0 Å². The predicted molar refractivity (Wildman–Crippen MR) is 86.7 cm³/mol. The van der Waals surface area contributed by atoms with E-state index in [1.807, 2.05) is 12.1 Å². The Morgan fingerprint density at radius 1 is 1.45 bits per heavy atom. The highest BCUT2D eigenvalue weighted by Crippen LogP contribution is 2.29. The maximum absolute atomic E-state index is 12.1. The van der Waals surface area contributed by atoms with E-state index in [1.165, 1.54) is 15.0 Å². The number of amides is 1. The SMILES string of the molecule is CC(NC(=O)C1CCCN1)c1cc2ccccc2s1.Cl. The molecule has 1 aromatic carbocycles. The van der Waals surface area contributed by atoms with Gasteiger partial charge in [0.15, 0.2) is 0 Å². The van der Waals surface area contributed by atoms with Crippen LogP contribution in [0.2, 0.25) is 0 Å². The van der Waals surface area contributed by atoms with Gasteiger partial charge in [0.05, 0.1) is 12.1 Å². The Morgan fingerprint density at radius 2 is 2.25 bits per heavy atom. The summed E-state index contributed by atoms with van der Waals surface area (Å²) in [4.78, 5) is 13.3. The molecule has 1 saturated heterocycles. The van der Waals surface area contributed by atoms with Gasteiger partial charge in [0.2, 0.25) is 5.91 Å². The van der Waals surface area contributed by atoms with E-state index in [0.717, 1.165) is 19.4 Å². The minimum absolute atomic E-state index is 0. The molecule has 108 valence electrons. The number of fused-ring (bicyclic) bond motifs is 1. The summed E-state index contributed by atoms with van der Waals surface area (Å²) in [6.45, 7) is 3.01. The van der Waals surface area contributed by atoms with Crippen LogP contribution >= 0.6 is 23.7 Å². The maximum atomic E-state index is 12.1. The molecule has 0 saturated carbocycles. The molecule has 20 heavy (non-hydrogen) atoms. The summed E-state index contributed by atoms with van der Waals surface area (Å²) in [5.41, 5.74) is 0. The van der Waals surface area contributed by atoms with Crippen LogP contribution in [0.15, 0.2) is 30.3 Å². The van der Waals surface area contributed by atoms with E-state index in [1.54, 1.807) is 11.3 Å². The molecule has 0 bridgehead atoms. The van der Waals surface area contributed by atoms with Gasteiger partial charge >= 0.3 is 0 Å². The summed E-state index contributed by atoms with van der Waals surface area (Å²) in [6, 6.07) is 10.6. The zero-order chi connectivity index (χ0) is 13.2. The molecule has 1 aliphatic rings. The average Bonchev–Trinajstić information content (AvgIpc) is 3.07. The first-order valence-electron chi connectivity index (χ1n) is 6.76. The molecule has 1 fully saturated rings. The summed E-state index contributed by atoms with van der Waals surface area (Å²) < 4.78 is 1.28. The van der Waals surface area contributed by atoms with Gasteiger partial charge in [-0.25, -0.2) is 0 Å². The molecule has 0 spiro atoms. The third-order valence-corrected chi connectivity index (χ3v) is 4.91. The first-order valence-corrected chi connectivity index (χ1v) is 7.58. The van der Waals surface area contributed by atoms with E-state index < -0.39 is 0 Å². The van der Waals surface area contributed by atoms with Gasteiger partial charge in [0.1, 0.15) is 0 Å². The Bertz CT molecular complexity index is 559. The molecule has 0 radical (unpaired) electrons. The number of carbonyl (C=O) groups excluding carboxylic acids is 1. The highest BCUT2D eigenvalue weighted by atomic mass is 35.5. The topological polar surface area (TPSA) is 41.1 Å². The molecule has 2 atom stereocenters. The van der Waals surface area contributed by atoms with Crippen LogP contribution in [0.25, 0.3) is 10.1 Å². The van der Waals surface area contributed by atoms with Gasteiger partial charge < -0.3 is 10.6 Å². The van der Waals surface area contributed by atoms with Crippen molar-refractivity contribution in [1.82, 2.24) is 10.6 Å². The van der Waals surface area contributed by atoms with Gasteiger partial charge in [0, 0.05) is 9.58 Å². The van der Waals surface area contributed by atoms with Crippen molar-refractivity contribution in [1.29, 1.82) is 0 Å². The van der Waals surface area contributed by atoms with Crippen LogP contribution in [0.1, 0.15) is 30.7 Å². The minimum atomic E-state index is -0.00294. The number of halogens is 1. The van der Waals surface area contributed by atoms with E-state index in [0.29, 0.717) is 0 Å². The molecule has 2 unspecified atom stereocenters. The molecule has 3 nitrogen and oxygen atoms in total. The molecule has 1 aromatic heterocycles. The van der Waals surface area contributed by atoms with Gasteiger partial charge in [-0.1, -0.05) is 18.2 Å². The van der Waals surface area contributed by atoms with Crippen molar-refractivity contribution in [2.75, 3.05) is 6.54 Å². The highest BCUT2D eigenvalue weighted by molar-refractivity contribution is 7.19. The third-order valence-electron chi connectivity index (χ3n) is 3.61. The highest BCUT2D eigenvalue weighted by Gasteiger charge is 2.23. The van der Waals surface area contributed by atoms with Crippen LogP contribution in [-0.4, -0.2) is 18.5 Å². The van der Waals surface area contributed by atoms with Crippen molar-refractivity contribution in [2.45, 2.75) is 31.8 Å². The van der Waals surface area contributed by atoms with Crippen molar-refractivity contribution in [2.24, 2.45) is 0 Å². The summed E-state index contributed by atoms with van der Waals surface area (Å²) in [6.07, 6.45) is 2.04. The van der Waals surface area contributed by atoms with Crippen LogP contribution in [0.4, 0.5) is 0 Å². The van der Waals surface area contributed by atoms with E-state index in [9.17, 15) is 4.79 Å². The van der Waals surface area contributed by atoms with Gasteiger partial charge in [-0.2, -0.15) is 0 Å². The third kappa shape index (κ3) is 3.14. The fraction of sp³-hybridized carbons (Fsp3) is 0.400. The lowest BCUT2D eigenvalue weighted by Gasteiger charge is -2.16. The second kappa shape index (κ2) is 6.57. The number of rotatable bonds is 3. The molecule has 2 aromatic rings. The molecular formula is C15H19ClN2OS. The number of nitrogens with one attached hydrogen (secondary N) is 2. The fourth-order valence-electron chi connectivity index (χ4n) is 2.51. The summed E-state index contributed by atoms with van der Waals surface area (Å²) in [7, 11) is 0. The Morgan fingerprint density at radius 3 is 2.95 bits per heavy atom. The van der Waals surface area contributed by atoms with Crippen LogP contribution in [0, 0.1) is 0 Å². The summed E-state index contributed by atoms with van der Waals surface area (Å²) in [5, 5.41) is 7.59. The number of carbonyl (C=O) groups is 1. The number of hydrogen-bond donors (Lipinski definition) is 2. The monoisotopic (exact) mass is 310 g/mol. The van der Waals surface area contributed by atoms with E-state index in [2.05, 4.69) is 35.8 Å². The molecule has 2 N–H and O–H groups in total. The number of thiophene rings is 1. The molecular weight excluding hydrogens is 292 g/mol. The Balaban J connectivity index is 0.00000147. The number of hydrogen-bond acceptors (Lipinski definition) is 3. The lowest BCUT2D eigenvalue weighted by atomic mass is 10.2. The van der Waals surface area contributed by atoms with Crippen molar-refractivity contribution in [3.05, 3.63) is 35.2 Å². The van der Waals surface area contributed by atoms with Crippen LogP contribution in [0.3, 0.4) is 0 Å². The molecule has 1 amide bonds. The number of benzene rings is 1. The van der Waals surface area contributed by atoms with Crippen LogP contribution in [0.5, 0.6) is 0 Å². The zero-order valence-electron chi connectivity index (χ0n) is 11.4. The van der Waals surface area contributed by atoms with Crippen molar-refractivity contribution < 1.29 is 4.79 Å². The van der Waals surface area contributed by atoms with Crippen molar-refractivity contribution in [3.63, 3.8) is 0 Å². The van der Waals surface area contributed by atoms with Gasteiger partial charge in [-0.05, 0) is 43.8 Å². The van der Waals surface area contributed by atoms with E-state index in [-0.39, 0.29) is 30.4 Å². The molecule has 5 heteroatoms. The Labute approximate surface area is 129 Å². The molecule has 2 heterocycles. The quantitative estimate of drug-likeness (QED) is 0.913. The largest absolute Gasteiger partial charge is 0.347 e. The van der Waals surface area contributed by atoms with Gasteiger partial charge in [-0.15, -0.1) is 23.7 Å². The van der Waals surface area contributed by atoms with Crippen molar-refractivity contribution in [3.8, 4) is 0 Å². The predicted octanol–water partition coefficient (Wildman–Crippen LogP) is 3.25. The summed E-state index contributed by atoms with van der Waals surface area (Å²) >= 11 is 1.75. The Kier molecular flexibility index (Phi) is 5.02. The van der Waals surface area contributed by atoms with Crippen LogP contribution in [-0.2, 0) is 4.79 Å². The second-order valence-electron chi connectivity index (χ2n) is 5.07. The lowest BCUT2D eigenvalue weighted by molar-refractivity contribution is -0.123. The fourth-order valence-corrected chi connectivity index (χ4v) is 3.58. The lowest BCUT2D eigenvalue weighted by Crippen LogP contribution is -2.41. The molecule has 0 aliphatic carbocycles. The van der Waals surface area contributed by atoms with Gasteiger partial charge in [-0.3, -0.25) is 4.79 Å². The second-order valence-corrected chi connectivity index (χ2v) is 6.18. The molecule has 3 rings (SSSR count). The average molecular weight is 311 g/mol. The smallest absolute Gasteiger partial charge is 0.237 e. The maximum Gasteiger partial charge on any atom is 0.237 e. The van der Waals surface area contributed by atoms with E-state index >= 15 is 0 Å². The molecule has 1 aliphatic heterocycles. The standard InChI is InChI=1S/C15H18N2OS.ClH/c1-10(17-15(18)12-6-4-8-16-12)14-9-11-5-2-3-7-13(11)19-14;/h2-3,5,7,9-10,12,16H,4,6,8H2,1H3,(H,17,18);1H. The summed E-state index contributed by atoms with van der Waals surface area (Å²) in [5.74, 6) is 0.127. The zero-order valence-corrected chi connectivity index (χ0v) is 13.0. The first-order chi connectivity index (χ1) is 9.24. The minimum Gasteiger partial charge on any atom is -0.347 e. The van der Waals surface area contributed by atoms with Crippen molar-refractivity contribution >= 4 is 39.7 Å². The normalized spacial score (nSPS) is 19.6. The van der Waals surface area contributed by atoms with Crippen LogP contribution < -0.4 is 10.6 Å². The van der Waals surface area contributed by atoms with E-state index in [4.69, 9.17) is 0 Å². The Hall–Kier alpha value is -1.10. The first kappa shape index (κ1) is 15.3.